The number of carbonyl (C=O) groups is 5. The molecule has 0 radical (unpaired) electrons. The first-order valence-corrected chi connectivity index (χ1v) is 23.6. The molecule has 1 aromatic carbocycles. The van der Waals surface area contributed by atoms with Gasteiger partial charge in [-0.25, -0.2) is 19.3 Å². The molecule has 2 atom stereocenters. The van der Waals surface area contributed by atoms with Crippen LogP contribution in [0.3, 0.4) is 0 Å². The third kappa shape index (κ3) is 11.3. The molecule has 3 aromatic heterocycles. The molecule has 352 valence electrons. The van der Waals surface area contributed by atoms with Crippen LogP contribution >= 0.6 is 23.2 Å². The monoisotopic (exact) mass is 945 g/mol. The van der Waals surface area contributed by atoms with Crippen molar-refractivity contribution in [2.75, 3.05) is 81.6 Å². The molecule has 0 spiro atoms. The van der Waals surface area contributed by atoms with Crippen LogP contribution in [-0.2, 0) is 23.9 Å². The summed E-state index contributed by atoms with van der Waals surface area (Å²) < 4.78 is 12.9. The Hall–Kier alpha value is -5.56. The molecule has 3 aliphatic heterocycles. The minimum absolute atomic E-state index is 0.0703. The van der Waals surface area contributed by atoms with Crippen molar-refractivity contribution in [3.63, 3.8) is 0 Å². The number of hydrogen-bond acceptors (Lipinski definition) is 12. The van der Waals surface area contributed by atoms with Crippen molar-refractivity contribution in [3.8, 4) is 5.88 Å². The molecule has 4 fully saturated rings. The Morgan fingerprint density at radius 2 is 1.62 bits per heavy atom. The number of rotatable bonds is 14. The van der Waals surface area contributed by atoms with Gasteiger partial charge in [0.15, 0.2) is 10.8 Å². The molecule has 6 amide bonds. The van der Waals surface area contributed by atoms with Crippen molar-refractivity contribution >= 4 is 75.6 Å². The van der Waals surface area contributed by atoms with E-state index in [-0.39, 0.29) is 76.3 Å². The Labute approximate surface area is 393 Å². The van der Waals surface area contributed by atoms with Gasteiger partial charge in [-0.3, -0.25) is 29.4 Å². The maximum atomic E-state index is 13.6. The zero-order chi connectivity index (χ0) is 46.3. The lowest BCUT2D eigenvalue weighted by Gasteiger charge is -2.40. The number of amides is 6. The number of nitrogens with one attached hydrogen (secondary N) is 4. The number of piperidine rings is 2. The molecule has 18 nitrogen and oxygen atoms in total. The third-order valence-corrected chi connectivity index (χ3v) is 13.7. The van der Waals surface area contributed by atoms with Gasteiger partial charge in [-0.05, 0) is 81.5 Å². The van der Waals surface area contributed by atoms with Crippen LogP contribution in [0.4, 0.5) is 21.9 Å². The van der Waals surface area contributed by atoms with Gasteiger partial charge in [0, 0.05) is 89.1 Å². The molecule has 1 unspecified atom stereocenters. The molecule has 1 aliphatic carbocycles. The molecule has 20 heteroatoms. The molecular weight excluding hydrogens is 889 g/mol. The van der Waals surface area contributed by atoms with E-state index in [0.717, 1.165) is 69.9 Å². The van der Waals surface area contributed by atoms with Crippen molar-refractivity contribution in [2.45, 2.75) is 70.3 Å². The first-order chi connectivity index (χ1) is 31.9. The number of hydrogen-bond donors (Lipinski definition) is 4. The maximum absolute atomic E-state index is 13.6. The van der Waals surface area contributed by atoms with Gasteiger partial charge in [-0.1, -0.05) is 35.3 Å². The van der Waals surface area contributed by atoms with Crippen LogP contribution in [-0.4, -0.2) is 125 Å². The van der Waals surface area contributed by atoms with Gasteiger partial charge >= 0.3 is 6.03 Å². The molecule has 4 N–H and O–H groups in total. The number of urea groups is 1. The lowest BCUT2D eigenvalue weighted by Crippen LogP contribution is -2.52. The number of piperazine rings is 1. The van der Waals surface area contributed by atoms with Gasteiger partial charge in [0.2, 0.25) is 29.5 Å². The zero-order valence-corrected chi connectivity index (χ0v) is 38.8. The number of carbonyl (C=O) groups excluding carboxylic acids is 5. The van der Waals surface area contributed by atoms with E-state index in [2.05, 4.69) is 58.3 Å². The van der Waals surface area contributed by atoms with Crippen LogP contribution in [0.25, 0.3) is 5.65 Å². The van der Waals surface area contributed by atoms with Gasteiger partial charge in [0.05, 0.1) is 41.2 Å². The molecule has 8 rings (SSSR count). The SMILES string of the molecule is CO[C@H](C)c1c(NC(=O)Nc2cc(Cl)cnc2OCCNC(=O)C2CCC(C(=O)N3CCN(CC4CCN(c5cccc(C6CCC(=O)NC6=O)c5)CC4)CC3)CC2)cnc2cc(Cl)nn12. The molecule has 0 bridgehead atoms. The highest BCUT2D eigenvalue weighted by atomic mass is 35.5. The second kappa shape index (κ2) is 21.4. The Kier molecular flexibility index (Phi) is 15.2. The highest BCUT2D eigenvalue weighted by Crippen LogP contribution is 2.33. The van der Waals surface area contributed by atoms with Crippen LogP contribution in [0.1, 0.15) is 81.6 Å². The molecule has 4 aliphatic rings. The fraction of sp³-hybridized carbons (Fsp3) is 0.522. The average Bonchev–Trinajstić information content (AvgIpc) is 3.71. The Morgan fingerprint density at radius 3 is 2.36 bits per heavy atom. The number of imide groups is 1. The summed E-state index contributed by atoms with van der Waals surface area (Å²) in [6.45, 7) is 8.22. The highest BCUT2D eigenvalue weighted by molar-refractivity contribution is 6.31. The minimum atomic E-state index is -0.615. The molecule has 3 saturated heterocycles. The Balaban J connectivity index is 0.724. The van der Waals surface area contributed by atoms with Crippen LogP contribution in [0.2, 0.25) is 10.2 Å². The first-order valence-electron chi connectivity index (χ1n) is 22.8. The molecular formula is C46H57Cl2N11O7. The van der Waals surface area contributed by atoms with Gasteiger partial charge < -0.3 is 35.2 Å². The number of ether oxygens (including phenoxy) is 2. The number of benzene rings is 1. The molecule has 1 saturated carbocycles. The number of pyridine rings is 1. The summed E-state index contributed by atoms with van der Waals surface area (Å²) in [4.78, 5) is 79.5. The standard InChI is InChI=1S/C46H57Cl2N11O7/c1-28(65-2)41-37(26-50-39-24-38(48)55-59(39)41)53-46(64)52-36-23-33(47)25-51-44(36)66-21-14-49-42(61)30-6-8-31(9-7-30)45(63)58-19-17-56(18-20-58)27-29-12-15-57(16-13-29)34-5-3-4-32(22-34)35-10-11-40(60)54-43(35)62/h3-5,22-26,28-31,35H,6-21,27H2,1-2H3,(H,49,61)(H2,52,53,64)(H,54,60,62)/t28-,30?,31?,35?/m1/s1. The number of methoxy groups -OCH3 is 1. The summed E-state index contributed by atoms with van der Waals surface area (Å²) >= 11 is 12.3. The van der Waals surface area contributed by atoms with Gasteiger partial charge in [0.1, 0.15) is 12.3 Å². The number of fused-ring (bicyclic) bond motifs is 1. The summed E-state index contributed by atoms with van der Waals surface area (Å²) in [6.07, 6.45) is 8.17. The van der Waals surface area contributed by atoms with Gasteiger partial charge in [-0.2, -0.15) is 5.10 Å². The summed E-state index contributed by atoms with van der Waals surface area (Å²) in [6, 6.07) is 10.7. The van der Waals surface area contributed by atoms with E-state index < -0.39 is 12.1 Å². The smallest absolute Gasteiger partial charge is 0.323 e. The van der Waals surface area contributed by atoms with E-state index >= 15 is 0 Å². The van der Waals surface area contributed by atoms with Crippen molar-refractivity contribution in [3.05, 3.63) is 70.2 Å². The number of aromatic nitrogens is 4. The largest absolute Gasteiger partial charge is 0.474 e. The quantitative estimate of drug-likeness (QED) is 0.0893. The first kappa shape index (κ1) is 47.0. The van der Waals surface area contributed by atoms with Crippen molar-refractivity contribution in [2.24, 2.45) is 17.8 Å². The predicted molar refractivity (Wildman–Crippen MR) is 249 cm³/mol. The van der Waals surface area contributed by atoms with E-state index in [4.69, 9.17) is 32.7 Å². The lowest BCUT2D eigenvalue weighted by atomic mass is 9.81. The number of halogens is 2. The number of anilines is 3. The van der Waals surface area contributed by atoms with E-state index in [1.54, 1.807) is 13.0 Å². The zero-order valence-electron chi connectivity index (χ0n) is 37.3. The predicted octanol–water partition coefficient (Wildman–Crippen LogP) is 5.66. The average molecular weight is 947 g/mol. The summed E-state index contributed by atoms with van der Waals surface area (Å²) in [5, 5.41) is 15.7. The molecule has 66 heavy (non-hydrogen) atoms. The van der Waals surface area contributed by atoms with E-state index in [1.165, 1.54) is 30.1 Å². The summed E-state index contributed by atoms with van der Waals surface area (Å²) in [5.41, 5.74) is 3.69. The minimum Gasteiger partial charge on any atom is -0.474 e. The third-order valence-electron chi connectivity index (χ3n) is 13.3. The second-order valence-electron chi connectivity index (χ2n) is 17.6. The second-order valence-corrected chi connectivity index (χ2v) is 18.4. The Morgan fingerprint density at radius 1 is 0.879 bits per heavy atom. The van der Waals surface area contributed by atoms with Crippen molar-refractivity contribution in [1.29, 1.82) is 0 Å². The van der Waals surface area contributed by atoms with E-state index in [0.29, 0.717) is 61.5 Å². The highest BCUT2D eigenvalue weighted by Gasteiger charge is 2.34. The topological polar surface area (TPSA) is 205 Å². The van der Waals surface area contributed by atoms with Crippen molar-refractivity contribution < 1.29 is 33.4 Å². The fourth-order valence-electron chi connectivity index (χ4n) is 9.60. The van der Waals surface area contributed by atoms with Crippen LogP contribution in [0.5, 0.6) is 5.88 Å². The van der Waals surface area contributed by atoms with Gasteiger partial charge in [0.25, 0.3) is 0 Å². The van der Waals surface area contributed by atoms with Crippen LogP contribution in [0, 0.1) is 17.8 Å². The molecule has 6 heterocycles. The van der Waals surface area contributed by atoms with E-state index in [9.17, 15) is 24.0 Å². The maximum Gasteiger partial charge on any atom is 0.323 e. The summed E-state index contributed by atoms with van der Waals surface area (Å²) in [7, 11) is 1.54. The van der Waals surface area contributed by atoms with E-state index in [1.807, 2.05) is 17.0 Å². The van der Waals surface area contributed by atoms with Crippen LogP contribution in [0.15, 0.2) is 48.8 Å². The lowest BCUT2D eigenvalue weighted by molar-refractivity contribution is -0.140. The fourth-order valence-corrected chi connectivity index (χ4v) is 9.93. The van der Waals surface area contributed by atoms with Crippen molar-refractivity contribution in [1.82, 2.24) is 40.0 Å². The number of nitrogens with zero attached hydrogens (tertiary/aromatic N) is 7. The normalized spacial score (nSPS) is 21.3. The Bertz CT molecular complexity index is 2410. The molecule has 4 aromatic rings. The summed E-state index contributed by atoms with van der Waals surface area (Å²) in [5.74, 6) is -0.0998. The van der Waals surface area contributed by atoms with Gasteiger partial charge in [-0.15, -0.1) is 0 Å². The van der Waals surface area contributed by atoms with Crippen LogP contribution < -0.4 is 30.9 Å².